The molecule has 1 atom stereocenters. The summed E-state index contributed by atoms with van der Waals surface area (Å²) in [5.74, 6) is 0.809. The van der Waals surface area contributed by atoms with Crippen LogP contribution in [0.1, 0.15) is 51.0 Å². The zero-order valence-electron chi connectivity index (χ0n) is 13.8. The first kappa shape index (κ1) is 16.6. The number of piperidine rings is 1. The number of hydrogen-bond acceptors (Lipinski definition) is 2. The molecule has 0 spiro atoms. The largest absolute Gasteiger partial charge is 0.381 e. The molecule has 1 fully saturated rings. The van der Waals surface area contributed by atoms with Gasteiger partial charge in [0, 0.05) is 31.2 Å². The van der Waals surface area contributed by atoms with E-state index in [2.05, 4.69) is 50.0 Å². The molecule has 1 saturated heterocycles. The molecule has 3 nitrogen and oxygen atoms in total. The molecule has 1 aliphatic rings. The third-order valence-electron chi connectivity index (χ3n) is 4.28. The molecule has 0 aliphatic carbocycles. The second kappa shape index (κ2) is 8.02. The van der Waals surface area contributed by atoms with E-state index in [0.29, 0.717) is 18.4 Å². The third kappa shape index (κ3) is 4.62. The highest BCUT2D eigenvalue weighted by Gasteiger charge is 2.22. The van der Waals surface area contributed by atoms with E-state index < -0.39 is 0 Å². The van der Waals surface area contributed by atoms with Crippen molar-refractivity contribution in [2.75, 3.05) is 18.4 Å². The summed E-state index contributed by atoms with van der Waals surface area (Å²) in [5.41, 5.74) is 2.50. The standard InChI is InChI=1S/C19H28N2O/c1-4-5-8-19(22)21-13-6-7-18(14-21)20-17-11-9-16(10-12-17)15(2)3/h4,9-12,15,18,20H,1,5-8,13-14H2,2-3H3/t18-/m1/s1. The van der Waals surface area contributed by atoms with E-state index in [1.54, 1.807) is 0 Å². The Morgan fingerprint density at radius 1 is 1.41 bits per heavy atom. The Morgan fingerprint density at radius 2 is 2.14 bits per heavy atom. The highest BCUT2D eigenvalue weighted by atomic mass is 16.2. The second-order valence-corrected chi connectivity index (χ2v) is 6.43. The molecule has 1 heterocycles. The number of likely N-dealkylation sites (tertiary alicyclic amines) is 1. The molecule has 3 heteroatoms. The van der Waals surface area contributed by atoms with Gasteiger partial charge in [-0.25, -0.2) is 0 Å². The molecule has 1 N–H and O–H groups in total. The van der Waals surface area contributed by atoms with Gasteiger partial charge in [-0.2, -0.15) is 0 Å². The van der Waals surface area contributed by atoms with E-state index in [1.165, 1.54) is 5.56 Å². The van der Waals surface area contributed by atoms with Crippen LogP contribution in [0.15, 0.2) is 36.9 Å². The van der Waals surface area contributed by atoms with Crippen molar-refractivity contribution in [3.05, 3.63) is 42.5 Å². The maximum Gasteiger partial charge on any atom is 0.222 e. The van der Waals surface area contributed by atoms with Gasteiger partial charge in [0.05, 0.1) is 0 Å². The lowest BCUT2D eigenvalue weighted by Crippen LogP contribution is -2.45. The zero-order chi connectivity index (χ0) is 15.9. The summed E-state index contributed by atoms with van der Waals surface area (Å²) >= 11 is 0. The van der Waals surface area contributed by atoms with Gasteiger partial charge in [-0.15, -0.1) is 6.58 Å². The molecule has 1 aromatic rings. The van der Waals surface area contributed by atoms with Crippen LogP contribution in [0.3, 0.4) is 0 Å². The summed E-state index contributed by atoms with van der Waals surface area (Å²) in [5, 5.41) is 3.57. The van der Waals surface area contributed by atoms with Crippen molar-refractivity contribution >= 4 is 11.6 Å². The lowest BCUT2D eigenvalue weighted by molar-refractivity contribution is -0.132. The van der Waals surface area contributed by atoms with E-state index in [-0.39, 0.29) is 5.91 Å². The summed E-state index contributed by atoms with van der Waals surface area (Å²) in [4.78, 5) is 14.1. The number of amides is 1. The molecule has 0 bridgehead atoms. The Balaban J connectivity index is 1.89. The van der Waals surface area contributed by atoms with Crippen LogP contribution in [0.4, 0.5) is 5.69 Å². The number of hydrogen-bond donors (Lipinski definition) is 1. The topological polar surface area (TPSA) is 32.3 Å². The maximum absolute atomic E-state index is 12.1. The quantitative estimate of drug-likeness (QED) is 0.799. The van der Waals surface area contributed by atoms with E-state index in [1.807, 2.05) is 11.0 Å². The van der Waals surface area contributed by atoms with Crippen LogP contribution in [0.25, 0.3) is 0 Å². The van der Waals surface area contributed by atoms with Gasteiger partial charge in [0.2, 0.25) is 5.91 Å². The average molecular weight is 300 g/mol. The van der Waals surface area contributed by atoms with E-state index >= 15 is 0 Å². The summed E-state index contributed by atoms with van der Waals surface area (Å²) < 4.78 is 0. The Morgan fingerprint density at radius 3 is 2.77 bits per heavy atom. The summed E-state index contributed by atoms with van der Waals surface area (Å²) in [6.07, 6.45) is 5.36. The van der Waals surface area contributed by atoms with Crippen LogP contribution in [0.2, 0.25) is 0 Å². The van der Waals surface area contributed by atoms with E-state index in [4.69, 9.17) is 0 Å². The zero-order valence-corrected chi connectivity index (χ0v) is 13.8. The molecule has 0 radical (unpaired) electrons. The Hall–Kier alpha value is -1.77. The van der Waals surface area contributed by atoms with Gasteiger partial charge >= 0.3 is 0 Å². The van der Waals surface area contributed by atoms with Gasteiger partial charge in [-0.05, 0) is 42.9 Å². The van der Waals surface area contributed by atoms with Crippen LogP contribution < -0.4 is 5.32 Å². The van der Waals surface area contributed by atoms with Crippen molar-refractivity contribution in [3.63, 3.8) is 0 Å². The van der Waals surface area contributed by atoms with Crippen LogP contribution in [-0.4, -0.2) is 29.9 Å². The molecule has 1 amide bonds. The van der Waals surface area contributed by atoms with Gasteiger partial charge in [0.25, 0.3) is 0 Å². The molecule has 22 heavy (non-hydrogen) atoms. The first-order valence-corrected chi connectivity index (χ1v) is 8.35. The van der Waals surface area contributed by atoms with Gasteiger partial charge < -0.3 is 10.2 Å². The van der Waals surface area contributed by atoms with Crippen LogP contribution in [-0.2, 0) is 4.79 Å². The molecule has 2 rings (SSSR count). The minimum Gasteiger partial charge on any atom is -0.381 e. The molecule has 1 aromatic carbocycles. The van der Waals surface area contributed by atoms with Crippen molar-refractivity contribution in [1.82, 2.24) is 4.90 Å². The SMILES string of the molecule is C=CCCC(=O)N1CCC[C@@H](Nc2ccc(C(C)C)cc2)C1. The molecule has 0 saturated carbocycles. The normalized spacial score (nSPS) is 18.3. The van der Waals surface area contributed by atoms with Gasteiger partial charge in [-0.1, -0.05) is 32.1 Å². The van der Waals surface area contributed by atoms with Crippen LogP contribution in [0, 0.1) is 0 Å². The molecule has 0 unspecified atom stereocenters. The fraction of sp³-hybridized carbons (Fsp3) is 0.526. The number of nitrogens with zero attached hydrogens (tertiary/aromatic N) is 1. The lowest BCUT2D eigenvalue weighted by atomic mass is 10.0. The van der Waals surface area contributed by atoms with Crippen molar-refractivity contribution in [1.29, 1.82) is 0 Å². The highest BCUT2D eigenvalue weighted by molar-refractivity contribution is 5.76. The summed E-state index contributed by atoms with van der Waals surface area (Å²) in [7, 11) is 0. The van der Waals surface area contributed by atoms with Gasteiger partial charge in [0.15, 0.2) is 0 Å². The monoisotopic (exact) mass is 300 g/mol. The van der Waals surface area contributed by atoms with Crippen molar-refractivity contribution in [2.45, 2.75) is 51.5 Å². The Labute approximate surface area is 134 Å². The average Bonchev–Trinajstić information content (AvgIpc) is 2.53. The molecular formula is C19H28N2O. The summed E-state index contributed by atoms with van der Waals surface area (Å²) in [6.45, 7) is 9.79. The first-order chi connectivity index (χ1) is 10.6. The minimum absolute atomic E-state index is 0.251. The molecular weight excluding hydrogens is 272 g/mol. The van der Waals surface area contributed by atoms with Crippen molar-refractivity contribution in [2.24, 2.45) is 0 Å². The van der Waals surface area contributed by atoms with Gasteiger partial charge in [-0.3, -0.25) is 4.79 Å². The predicted octanol–water partition coefficient (Wildman–Crippen LogP) is 4.18. The molecule has 0 aromatic heterocycles. The predicted molar refractivity (Wildman–Crippen MR) is 93.2 cm³/mol. The number of rotatable bonds is 6. The molecule has 1 aliphatic heterocycles. The highest BCUT2D eigenvalue weighted by Crippen LogP contribution is 2.20. The molecule has 120 valence electrons. The number of benzene rings is 1. The maximum atomic E-state index is 12.1. The number of anilines is 1. The third-order valence-corrected chi connectivity index (χ3v) is 4.28. The van der Waals surface area contributed by atoms with Crippen molar-refractivity contribution in [3.8, 4) is 0 Å². The number of carbonyl (C=O) groups excluding carboxylic acids is 1. The Bertz CT molecular complexity index is 493. The fourth-order valence-electron chi connectivity index (χ4n) is 2.91. The summed E-state index contributed by atoms with van der Waals surface area (Å²) in [6, 6.07) is 9.01. The van der Waals surface area contributed by atoms with Crippen LogP contribution in [0.5, 0.6) is 0 Å². The number of nitrogens with one attached hydrogen (secondary N) is 1. The van der Waals surface area contributed by atoms with Crippen molar-refractivity contribution < 1.29 is 4.79 Å². The van der Waals surface area contributed by atoms with Gasteiger partial charge in [0.1, 0.15) is 0 Å². The Kier molecular flexibility index (Phi) is 6.05. The minimum atomic E-state index is 0.251. The lowest BCUT2D eigenvalue weighted by Gasteiger charge is -2.33. The van der Waals surface area contributed by atoms with E-state index in [0.717, 1.165) is 38.0 Å². The second-order valence-electron chi connectivity index (χ2n) is 6.43. The smallest absolute Gasteiger partial charge is 0.222 e. The number of carbonyl (C=O) groups is 1. The van der Waals surface area contributed by atoms with E-state index in [9.17, 15) is 4.79 Å². The van der Waals surface area contributed by atoms with Crippen LogP contribution >= 0.6 is 0 Å². The first-order valence-electron chi connectivity index (χ1n) is 8.35. The number of allylic oxidation sites excluding steroid dienone is 1. The fourth-order valence-corrected chi connectivity index (χ4v) is 2.91.